The molecule has 2 aliphatic carbocycles. The molecular weight excluding hydrogens is 567 g/mol. The minimum Gasteiger partial charge on any atom is -0.383 e. The molecule has 2 aromatic carbocycles. The van der Waals surface area contributed by atoms with Crippen LogP contribution in [0.5, 0.6) is 0 Å². The first kappa shape index (κ1) is 26.3. The van der Waals surface area contributed by atoms with Gasteiger partial charge in [0.15, 0.2) is 0 Å². The van der Waals surface area contributed by atoms with E-state index >= 15 is 0 Å². The summed E-state index contributed by atoms with van der Waals surface area (Å²) in [4.78, 5) is 7.10. The molecule has 3 fully saturated rings. The molecule has 4 aromatic rings. The lowest BCUT2D eigenvalue weighted by Crippen LogP contribution is -2.27. The lowest BCUT2D eigenvalue weighted by molar-refractivity contribution is 0.270. The Morgan fingerprint density at radius 3 is 2.55 bits per heavy atom. The Kier molecular flexibility index (Phi) is 6.51. The predicted molar refractivity (Wildman–Crippen MR) is 167 cm³/mol. The van der Waals surface area contributed by atoms with Gasteiger partial charge in [0.25, 0.3) is 0 Å². The molecule has 0 spiro atoms. The van der Waals surface area contributed by atoms with Crippen LogP contribution in [0.2, 0.25) is 10.0 Å². The maximum absolute atomic E-state index is 9.87. The third kappa shape index (κ3) is 5.30. The van der Waals surface area contributed by atoms with Crippen molar-refractivity contribution in [1.82, 2.24) is 24.9 Å². The molecule has 8 nitrogen and oxygen atoms in total. The molecule has 4 atom stereocenters. The molecule has 2 unspecified atom stereocenters. The quantitative estimate of drug-likeness (QED) is 0.226. The van der Waals surface area contributed by atoms with Crippen molar-refractivity contribution >= 4 is 45.5 Å². The largest absolute Gasteiger partial charge is 0.383 e. The fourth-order valence-corrected chi connectivity index (χ4v) is 6.59. The van der Waals surface area contributed by atoms with E-state index in [4.69, 9.17) is 23.2 Å². The molecule has 10 heteroatoms. The molecule has 1 saturated heterocycles. The van der Waals surface area contributed by atoms with Crippen LogP contribution in [0.3, 0.4) is 0 Å². The van der Waals surface area contributed by atoms with E-state index < -0.39 is 6.02 Å². The van der Waals surface area contributed by atoms with Crippen molar-refractivity contribution in [2.24, 2.45) is 17.3 Å². The van der Waals surface area contributed by atoms with Crippen LogP contribution in [0.4, 0.5) is 11.4 Å². The third-order valence-electron chi connectivity index (χ3n) is 8.56. The van der Waals surface area contributed by atoms with Gasteiger partial charge in [-0.05, 0) is 48.1 Å². The molecule has 0 bridgehead atoms. The maximum Gasteiger partial charge on any atom is 0.109 e. The van der Waals surface area contributed by atoms with Gasteiger partial charge in [-0.2, -0.15) is 5.26 Å². The maximum atomic E-state index is 9.87. The smallest absolute Gasteiger partial charge is 0.109 e. The number of benzene rings is 2. The average Bonchev–Trinajstić information content (AvgIpc) is 3.82. The van der Waals surface area contributed by atoms with E-state index in [2.05, 4.69) is 57.7 Å². The van der Waals surface area contributed by atoms with Crippen LogP contribution in [0.25, 0.3) is 10.9 Å². The van der Waals surface area contributed by atoms with Gasteiger partial charge in [0.2, 0.25) is 0 Å². The van der Waals surface area contributed by atoms with Gasteiger partial charge in [0.05, 0.1) is 41.4 Å². The van der Waals surface area contributed by atoms with Crippen molar-refractivity contribution in [2.75, 3.05) is 30.3 Å². The normalized spacial score (nSPS) is 23.6. The zero-order chi connectivity index (χ0) is 30.1. The summed E-state index contributed by atoms with van der Waals surface area (Å²) < 4.78 is 11.8. The second kappa shape index (κ2) is 10.4. The molecule has 1 aliphatic heterocycles. The average molecular weight is 603 g/mol. The summed E-state index contributed by atoms with van der Waals surface area (Å²) in [5.74, 6) is 1.19. The van der Waals surface area contributed by atoms with Crippen LogP contribution in [-0.4, -0.2) is 50.6 Å². The van der Waals surface area contributed by atoms with Crippen molar-refractivity contribution < 1.29 is 1.37 Å². The van der Waals surface area contributed by atoms with Crippen LogP contribution >= 0.6 is 23.2 Å². The number of halogens is 2. The summed E-state index contributed by atoms with van der Waals surface area (Å²) in [6.07, 6.45) is 6.11. The summed E-state index contributed by atoms with van der Waals surface area (Å²) in [5.41, 5.74) is 3.39. The number of aromatic nitrogens is 4. The Labute approximate surface area is 257 Å². The SMILES string of the molecule is [2H]C(Nc1cc(Cl)c2ncc(C#N)c(NCC(C)(C)C)c2c1)(c1ccc(Cl)cc1)c1cn(C2[C@H]3CN(C4CC4)C[C@@H]23)nn1. The van der Waals surface area contributed by atoms with Gasteiger partial charge in [-0.25, -0.2) is 4.68 Å². The summed E-state index contributed by atoms with van der Waals surface area (Å²) >= 11 is 13.0. The molecule has 42 heavy (non-hydrogen) atoms. The Balaban J connectivity index is 1.25. The molecule has 2 N–H and O–H groups in total. The second-order valence-electron chi connectivity index (χ2n) is 13.0. The van der Waals surface area contributed by atoms with Crippen molar-refractivity contribution in [2.45, 2.75) is 51.7 Å². The van der Waals surface area contributed by atoms with Crippen LogP contribution in [0.15, 0.2) is 48.8 Å². The molecule has 7 rings (SSSR count). The van der Waals surface area contributed by atoms with E-state index in [1.165, 1.54) is 12.8 Å². The van der Waals surface area contributed by atoms with Gasteiger partial charge in [0, 0.05) is 59.8 Å². The van der Waals surface area contributed by atoms with Gasteiger partial charge < -0.3 is 10.6 Å². The second-order valence-corrected chi connectivity index (χ2v) is 13.9. The topological polar surface area (TPSA) is 94.7 Å². The van der Waals surface area contributed by atoms with Crippen molar-refractivity contribution in [3.8, 4) is 6.07 Å². The Bertz CT molecular complexity index is 1730. The number of nitrogens with one attached hydrogen (secondary N) is 2. The molecule has 2 aromatic heterocycles. The van der Waals surface area contributed by atoms with Gasteiger partial charge in [0.1, 0.15) is 11.8 Å². The number of fused-ring (bicyclic) bond motifs is 2. The summed E-state index contributed by atoms with van der Waals surface area (Å²) in [7, 11) is 0. The number of piperidine rings is 1. The van der Waals surface area contributed by atoms with E-state index in [1.54, 1.807) is 24.4 Å². The summed E-state index contributed by atoms with van der Waals surface area (Å²) in [6, 6.07) is 12.7. The fraction of sp³-hybridized carbons (Fsp3) is 0.438. The number of nitrogens with zero attached hydrogens (tertiary/aromatic N) is 6. The molecular formula is C32H34Cl2N8. The number of hydrogen-bond donors (Lipinski definition) is 2. The van der Waals surface area contributed by atoms with Crippen LogP contribution in [-0.2, 0) is 0 Å². The van der Waals surface area contributed by atoms with Gasteiger partial charge >= 0.3 is 0 Å². The Morgan fingerprint density at radius 1 is 1.14 bits per heavy atom. The predicted octanol–water partition coefficient (Wildman–Crippen LogP) is 6.93. The zero-order valence-corrected chi connectivity index (χ0v) is 25.4. The Hall–Kier alpha value is -3.38. The highest BCUT2D eigenvalue weighted by Crippen LogP contribution is 2.56. The number of anilines is 2. The lowest BCUT2D eigenvalue weighted by Gasteiger charge is -2.22. The first-order valence-corrected chi connectivity index (χ1v) is 15.3. The van der Waals surface area contributed by atoms with E-state index in [9.17, 15) is 6.63 Å². The van der Waals surface area contributed by atoms with Crippen LogP contribution in [0.1, 0.15) is 63.9 Å². The summed E-state index contributed by atoms with van der Waals surface area (Å²) in [5, 5.41) is 27.5. The number of rotatable bonds is 8. The highest BCUT2D eigenvalue weighted by atomic mass is 35.5. The minimum absolute atomic E-state index is 0.0189. The highest BCUT2D eigenvalue weighted by molar-refractivity contribution is 6.36. The number of pyridine rings is 1. The van der Waals surface area contributed by atoms with Gasteiger partial charge in [-0.1, -0.05) is 61.3 Å². The van der Waals surface area contributed by atoms with E-state index in [0.29, 0.717) is 73.6 Å². The number of likely N-dealkylation sites (tertiary alicyclic amines) is 1. The fourth-order valence-electron chi connectivity index (χ4n) is 6.20. The van der Waals surface area contributed by atoms with E-state index in [0.717, 1.165) is 19.1 Å². The standard InChI is InChI=1S/C32H34Cl2N8/c1-32(2,3)17-37-28-19(12-35)13-36-30-23(28)10-21(11-26(30)34)38-29(18-4-6-20(33)7-5-18)27-16-42(40-39-27)31-24-14-41(15-25(24)31)22-8-9-22/h4-7,10-11,13,16,22,24-25,29,31,38H,8-9,14-15,17H2,1-3H3,(H,36,37)/t24-,25+,29?,31?/i29D. The van der Waals surface area contributed by atoms with Gasteiger partial charge in [-0.3, -0.25) is 9.88 Å². The summed E-state index contributed by atoms with van der Waals surface area (Å²) in [6.45, 7) is 9.27. The van der Waals surface area contributed by atoms with Crippen LogP contribution in [0, 0.1) is 28.6 Å². The first-order chi connectivity index (χ1) is 20.5. The Morgan fingerprint density at radius 2 is 1.88 bits per heavy atom. The van der Waals surface area contributed by atoms with Gasteiger partial charge in [-0.15, -0.1) is 5.10 Å². The van der Waals surface area contributed by atoms with Crippen LogP contribution < -0.4 is 10.6 Å². The molecule has 0 radical (unpaired) electrons. The molecule has 3 heterocycles. The van der Waals surface area contributed by atoms with E-state index in [1.807, 2.05) is 29.1 Å². The number of hydrogen-bond acceptors (Lipinski definition) is 7. The lowest BCUT2D eigenvalue weighted by atomic mass is 9.96. The zero-order valence-electron chi connectivity index (χ0n) is 24.9. The molecule has 216 valence electrons. The molecule has 0 amide bonds. The molecule has 3 aliphatic rings. The first-order valence-electron chi connectivity index (χ1n) is 15.0. The van der Waals surface area contributed by atoms with Crippen molar-refractivity contribution in [1.29, 1.82) is 5.26 Å². The minimum atomic E-state index is -1.50. The monoisotopic (exact) mass is 601 g/mol. The molecule has 2 saturated carbocycles. The highest BCUT2D eigenvalue weighted by Gasteiger charge is 2.59. The third-order valence-corrected chi connectivity index (χ3v) is 9.10. The number of nitriles is 1. The van der Waals surface area contributed by atoms with E-state index in [-0.39, 0.29) is 5.41 Å². The van der Waals surface area contributed by atoms with Crippen molar-refractivity contribution in [3.05, 3.63) is 75.7 Å². The van der Waals surface area contributed by atoms with Crippen molar-refractivity contribution in [3.63, 3.8) is 0 Å².